The Morgan fingerprint density at radius 1 is 0.943 bits per heavy atom. The van der Waals surface area contributed by atoms with Gasteiger partial charge in [0, 0.05) is 12.0 Å². The molecule has 0 spiro atoms. The van der Waals surface area contributed by atoms with Crippen molar-refractivity contribution >= 4 is 17.6 Å². The number of nitrogens with zero attached hydrogens (tertiary/aromatic N) is 4. The number of aromatic nitrogens is 4. The van der Waals surface area contributed by atoms with Crippen LogP contribution >= 0.6 is 0 Å². The van der Waals surface area contributed by atoms with Gasteiger partial charge in [-0.05, 0) is 52.0 Å². The van der Waals surface area contributed by atoms with Crippen molar-refractivity contribution in [3.8, 4) is 17.1 Å². The Labute approximate surface area is 203 Å². The van der Waals surface area contributed by atoms with Gasteiger partial charge < -0.3 is 14.5 Å². The van der Waals surface area contributed by atoms with Gasteiger partial charge in [0.25, 0.3) is 5.91 Å². The lowest BCUT2D eigenvalue weighted by Gasteiger charge is -2.08. The molecule has 0 fully saturated rings. The molecule has 35 heavy (non-hydrogen) atoms. The molecule has 0 aliphatic heterocycles. The fourth-order valence-electron chi connectivity index (χ4n) is 3.53. The monoisotopic (exact) mass is 473 g/mol. The maximum absolute atomic E-state index is 12.4. The summed E-state index contributed by atoms with van der Waals surface area (Å²) in [6, 6.07) is 15.6. The van der Waals surface area contributed by atoms with E-state index in [2.05, 4.69) is 20.6 Å². The Balaban J connectivity index is 1.27. The molecule has 9 nitrogen and oxygen atoms in total. The van der Waals surface area contributed by atoms with Gasteiger partial charge in [0.1, 0.15) is 0 Å². The Hall–Kier alpha value is -4.27. The van der Waals surface area contributed by atoms with Crippen molar-refractivity contribution < 1.29 is 18.7 Å². The number of esters is 1. The second kappa shape index (κ2) is 10.3. The Kier molecular flexibility index (Phi) is 7.05. The number of nitrogens with one attached hydrogen (secondary N) is 1. The molecule has 0 aliphatic carbocycles. The molecule has 180 valence electrons. The maximum atomic E-state index is 12.4. The van der Waals surface area contributed by atoms with Crippen molar-refractivity contribution in [2.45, 2.75) is 40.5 Å². The molecular weight excluding hydrogens is 446 g/mol. The number of carbonyl (C=O) groups excluding carboxylic acids is 2. The van der Waals surface area contributed by atoms with Crippen molar-refractivity contribution in [2.24, 2.45) is 0 Å². The van der Waals surface area contributed by atoms with E-state index in [1.165, 1.54) is 0 Å². The molecule has 0 atom stereocenters. The predicted molar refractivity (Wildman–Crippen MR) is 130 cm³/mol. The molecule has 4 aromatic rings. The molecule has 0 unspecified atom stereocenters. The van der Waals surface area contributed by atoms with Gasteiger partial charge in [-0.1, -0.05) is 35.4 Å². The van der Waals surface area contributed by atoms with E-state index in [0.717, 1.165) is 28.1 Å². The van der Waals surface area contributed by atoms with Crippen LogP contribution in [-0.2, 0) is 20.7 Å². The SMILES string of the molecule is Cc1ccc(-c2nnc(CCC(=O)OCC(=O)Nc3c(C)nn(-c4ccc(C)cc4)c3C)o2)cc1. The van der Waals surface area contributed by atoms with Gasteiger partial charge in [0.2, 0.25) is 11.8 Å². The van der Waals surface area contributed by atoms with E-state index in [1.807, 2.05) is 76.2 Å². The minimum Gasteiger partial charge on any atom is -0.456 e. The zero-order valence-electron chi connectivity index (χ0n) is 20.2. The molecule has 0 bridgehead atoms. The fourth-order valence-corrected chi connectivity index (χ4v) is 3.53. The Bertz CT molecular complexity index is 1340. The van der Waals surface area contributed by atoms with Crippen LogP contribution in [0.2, 0.25) is 0 Å². The largest absolute Gasteiger partial charge is 0.456 e. The molecule has 0 aliphatic rings. The molecule has 2 aromatic heterocycles. The third kappa shape index (κ3) is 5.81. The average Bonchev–Trinajstić information content (AvgIpc) is 3.43. The summed E-state index contributed by atoms with van der Waals surface area (Å²) in [5, 5.41) is 15.3. The van der Waals surface area contributed by atoms with Gasteiger partial charge in [0.15, 0.2) is 6.61 Å². The standard InChI is InChI=1S/C26H27N5O4/c1-16-5-9-20(10-6-16)26-29-28-23(35-26)13-14-24(33)34-15-22(32)27-25-18(3)30-31(19(25)4)21-11-7-17(2)8-12-21/h5-12H,13-15H2,1-4H3,(H,27,32). The highest BCUT2D eigenvalue weighted by molar-refractivity contribution is 5.93. The summed E-state index contributed by atoms with van der Waals surface area (Å²) in [4.78, 5) is 24.5. The van der Waals surface area contributed by atoms with Gasteiger partial charge in [-0.2, -0.15) is 5.10 Å². The molecule has 0 radical (unpaired) electrons. The van der Waals surface area contributed by atoms with Gasteiger partial charge in [-0.15, -0.1) is 10.2 Å². The van der Waals surface area contributed by atoms with Crippen LogP contribution in [-0.4, -0.2) is 38.5 Å². The second-order valence-corrected chi connectivity index (χ2v) is 8.37. The predicted octanol–water partition coefficient (Wildman–Crippen LogP) is 4.27. The van der Waals surface area contributed by atoms with Crippen molar-refractivity contribution in [3.63, 3.8) is 0 Å². The normalized spacial score (nSPS) is 10.9. The summed E-state index contributed by atoms with van der Waals surface area (Å²) in [5.74, 6) is -0.243. The number of carbonyl (C=O) groups is 2. The Morgan fingerprint density at radius 3 is 2.29 bits per heavy atom. The van der Waals surface area contributed by atoms with Crippen LogP contribution in [0.3, 0.4) is 0 Å². The van der Waals surface area contributed by atoms with Crippen LogP contribution < -0.4 is 5.32 Å². The van der Waals surface area contributed by atoms with E-state index < -0.39 is 18.5 Å². The number of ether oxygens (including phenoxy) is 1. The number of hydrogen-bond donors (Lipinski definition) is 1. The van der Waals surface area contributed by atoms with Crippen LogP contribution in [0.4, 0.5) is 5.69 Å². The molecule has 4 rings (SSSR count). The first-order valence-electron chi connectivity index (χ1n) is 11.3. The molecule has 0 saturated heterocycles. The van der Waals surface area contributed by atoms with Crippen molar-refractivity contribution in [1.82, 2.24) is 20.0 Å². The highest BCUT2D eigenvalue weighted by Crippen LogP contribution is 2.23. The summed E-state index contributed by atoms with van der Waals surface area (Å²) >= 11 is 0. The molecule has 1 N–H and O–H groups in total. The summed E-state index contributed by atoms with van der Waals surface area (Å²) in [7, 11) is 0. The smallest absolute Gasteiger partial charge is 0.306 e. The van der Waals surface area contributed by atoms with E-state index in [4.69, 9.17) is 9.15 Å². The molecule has 2 aromatic carbocycles. The highest BCUT2D eigenvalue weighted by Gasteiger charge is 2.17. The van der Waals surface area contributed by atoms with E-state index in [0.29, 0.717) is 23.2 Å². The number of amides is 1. The van der Waals surface area contributed by atoms with E-state index in [-0.39, 0.29) is 12.8 Å². The van der Waals surface area contributed by atoms with E-state index in [1.54, 1.807) is 4.68 Å². The number of rotatable bonds is 8. The maximum Gasteiger partial charge on any atom is 0.306 e. The average molecular weight is 474 g/mol. The summed E-state index contributed by atoms with van der Waals surface area (Å²) in [6.45, 7) is 7.30. The van der Waals surface area contributed by atoms with Crippen molar-refractivity contribution in [3.05, 3.63) is 76.9 Å². The lowest BCUT2D eigenvalue weighted by atomic mass is 10.1. The first-order valence-corrected chi connectivity index (χ1v) is 11.3. The summed E-state index contributed by atoms with van der Waals surface area (Å²) < 4.78 is 12.5. The van der Waals surface area contributed by atoms with Crippen molar-refractivity contribution in [1.29, 1.82) is 0 Å². The summed E-state index contributed by atoms with van der Waals surface area (Å²) in [6.07, 6.45) is 0.243. The number of anilines is 1. The number of hydrogen-bond acceptors (Lipinski definition) is 7. The highest BCUT2D eigenvalue weighted by atomic mass is 16.5. The lowest BCUT2D eigenvalue weighted by Crippen LogP contribution is -2.21. The van der Waals surface area contributed by atoms with Crippen LogP contribution in [0.5, 0.6) is 0 Å². The molecule has 2 heterocycles. The van der Waals surface area contributed by atoms with Gasteiger partial charge in [0.05, 0.1) is 29.2 Å². The number of aryl methyl sites for hydroxylation is 4. The first-order chi connectivity index (χ1) is 16.8. The summed E-state index contributed by atoms with van der Waals surface area (Å²) in [5.41, 5.74) is 6.04. The van der Waals surface area contributed by atoms with Crippen LogP contribution in [0, 0.1) is 27.7 Å². The lowest BCUT2D eigenvalue weighted by molar-refractivity contribution is -0.147. The van der Waals surface area contributed by atoms with E-state index in [9.17, 15) is 9.59 Å². The zero-order valence-corrected chi connectivity index (χ0v) is 20.2. The topological polar surface area (TPSA) is 112 Å². The van der Waals surface area contributed by atoms with Crippen molar-refractivity contribution in [2.75, 3.05) is 11.9 Å². The molecular formula is C26H27N5O4. The van der Waals surface area contributed by atoms with E-state index >= 15 is 0 Å². The van der Waals surface area contributed by atoms with Gasteiger partial charge >= 0.3 is 5.97 Å². The third-order valence-electron chi connectivity index (χ3n) is 5.51. The molecule has 0 saturated carbocycles. The van der Waals surface area contributed by atoms with Crippen LogP contribution in [0.15, 0.2) is 52.9 Å². The zero-order chi connectivity index (χ0) is 24.9. The fraction of sp³-hybridized carbons (Fsp3) is 0.269. The van der Waals surface area contributed by atoms with Gasteiger partial charge in [-0.3, -0.25) is 9.59 Å². The minimum absolute atomic E-state index is 0.0201. The quantitative estimate of drug-likeness (QED) is 0.380. The van der Waals surface area contributed by atoms with Crippen LogP contribution in [0.25, 0.3) is 17.1 Å². The first kappa shape index (κ1) is 23.9. The third-order valence-corrected chi connectivity index (χ3v) is 5.51. The molecule has 1 amide bonds. The number of benzene rings is 2. The van der Waals surface area contributed by atoms with Crippen LogP contribution in [0.1, 0.15) is 34.8 Å². The second-order valence-electron chi connectivity index (χ2n) is 8.37. The Morgan fingerprint density at radius 2 is 1.60 bits per heavy atom. The minimum atomic E-state index is -0.529. The molecule has 9 heteroatoms. The van der Waals surface area contributed by atoms with Gasteiger partial charge in [-0.25, -0.2) is 4.68 Å².